The minimum absolute atomic E-state index is 0.0190. The van der Waals surface area contributed by atoms with E-state index in [-0.39, 0.29) is 18.4 Å². The average molecular weight is 336 g/mol. The summed E-state index contributed by atoms with van der Waals surface area (Å²) in [7, 11) is 0. The van der Waals surface area contributed by atoms with Crippen molar-refractivity contribution in [1.82, 2.24) is 4.57 Å². The first-order valence-electron chi connectivity index (χ1n) is 8.14. The largest absolute Gasteiger partial charge is 0.396 e. The number of halogens is 1. The van der Waals surface area contributed by atoms with E-state index in [0.29, 0.717) is 13.2 Å². The van der Waals surface area contributed by atoms with Crippen LogP contribution in [-0.2, 0) is 21.4 Å². The molecule has 1 aromatic heterocycles. The number of hydrogen-bond acceptors (Lipinski definition) is 4. The van der Waals surface area contributed by atoms with Crippen LogP contribution in [0.5, 0.6) is 0 Å². The summed E-state index contributed by atoms with van der Waals surface area (Å²) in [5, 5.41) is 10.6. The molecule has 3 rings (SSSR count). The second-order valence-corrected chi connectivity index (χ2v) is 7.57. The second kappa shape index (κ2) is 5.72. The molecular formula is C18H25FN2O3. The molecule has 0 unspecified atom stereocenters. The fourth-order valence-corrected chi connectivity index (χ4v) is 3.20. The smallest absolute Gasteiger partial charge is 0.163 e. The predicted octanol–water partition coefficient (Wildman–Crippen LogP) is 2.78. The van der Waals surface area contributed by atoms with Crippen LogP contribution >= 0.6 is 0 Å². The molecule has 1 fully saturated rings. The maximum atomic E-state index is 14.0. The van der Waals surface area contributed by atoms with Crippen molar-refractivity contribution in [2.24, 2.45) is 0 Å². The predicted molar refractivity (Wildman–Crippen MR) is 91.3 cm³/mol. The van der Waals surface area contributed by atoms with Gasteiger partial charge < -0.3 is 24.9 Å². The van der Waals surface area contributed by atoms with Gasteiger partial charge in [0.15, 0.2) is 5.79 Å². The third-order valence-corrected chi connectivity index (χ3v) is 4.56. The molecule has 1 aromatic carbocycles. The van der Waals surface area contributed by atoms with E-state index in [2.05, 4.69) is 0 Å². The topological polar surface area (TPSA) is 69.6 Å². The highest BCUT2D eigenvalue weighted by Crippen LogP contribution is 2.33. The van der Waals surface area contributed by atoms with Gasteiger partial charge in [0.2, 0.25) is 0 Å². The lowest BCUT2D eigenvalue weighted by molar-refractivity contribution is -0.139. The molecule has 1 aliphatic heterocycles. The number of anilines is 1. The summed E-state index contributed by atoms with van der Waals surface area (Å²) in [6, 6.07) is 5.04. The standard InChI is InChI=1S/C18H25FN2O3/c1-17(2,10-22)16-6-11-5-14(20)13(19)7-15(11)21(16)8-12-9-23-18(3,4)24-12/h5-7,12,22H,8-10,20H2,1-4H3/t12-/m0/s1. The van der Waals surface area contributed by atoms with Crippen molar-refractivity contribution in [3.05, 3.63) is 29.7 Å². The Hall–Kier alpha value is -1.63. The highest BCUT2D eigenvalue weighted by atomic mass is 19.1. The molecule has 0 saturated carbocycles. The van der Waals surface area contributed by atoms with Crippen molar-refractivity contribution in [3.63, 3.8) is 0 Å². The van der Waals surface area contributed by atoms with Crippen LogP contribution in [0, 0.1) is 5.82 Å². The Morgan fingerprint density at radius 1 is 1.38 bits per heavy atom. The van der Waals surface area contributed by atoms with Gasteiger partial charge in [0.1, 0.15) is 11.9 Å². The number of rotatable bonds is 4. The van der Waals surface area contributed by atoms with E-state index in [1.165, 1.54) is 6.07 Å². The van der Waals surface area contributed by atoms with Gasteiger partial charge in [-0.25, -0.2) is 4.39 Å². The number of aliphatic hydroxyl groups excluding tert-OH is 1. The van der Waals surface area contributed by atoms with Crippen LogP contribution < -0.4 is 5.73 Å². The number of hydrogen-bond donors (Lipinski definition) is 2. The van der Waals surface area contributed by atoms with E-state index < -0.39 is 17.0 Å². The van der Waals surface area contributed by atoms with Crippen LogP contribution in [0.15, 0.2) is 18.2 Å². The number of benzene rings is 1. The molecule has 1 atom stereocenters. The Balaban J connectivity index is 2.09. The van der Waals surface area contributed by atoms with E-state index in [1.54, 1.807) is 6.07 Å². The first-order valence-corrected chi connectivity index (χ1v) is 8.14. The van der Waals surface area contributed by atoms with E-state index in [0.717, 1.165) is 16.6 Å². The molecule has 0 spiro atoms. The molecule has 2 aromatic rings. The lowest BCUT2D eigenvalue weighted by atomic mass is 9.90. The Labute approximate surface area is 141 Å². The molecule has 0 aliphatic carbocycles. The Kier molecular flexibility index (Phi) is 4.10. The molecule has 6 heteroatoms. The number of nitrogens with two attached hydrogens (primary N) is 1. The molecule has 132 valence electrons. The first-order chi connectivity index (χ1) is 11.1. The molecule has 3 N–H and O–H groups in total. The van der Waals surface area contributed by atoms with Crippen molar-refractivity contribution in [3.8, 4) is 0 Å². The van der Waals surface area contributed by atoms with Gasteiger partial charge in [-0.2, -0.15) is 0 Å². The number of fused-ring (bicyclic) bond motifs is 1. The number of aromatic nitrogens is 1. The van der Waals surface area contributed by atoms with E-state index in [4.69, 9.17) is 15.2 Å². The Morgan fingerprint density at radius 2 is 2.08 bits per heavy atom. The minimum Gasteiger partial charge on any atom is -0.396 e. The zero-order valence-electron chi connectivity index (χ0n) is 14.6. The summed E-state index contributed by atoms with van der Waals surface area (Å²) in [5.74, 6) is -1.06. The lowest BCUT2D eigenvalue weighted by Gasteiger charge is -2.26. The second-order valence-electron chi connectivity index (χ2n) is 7.57. The summed E-state index contributed by atoms with van der Waals surface area (Å²) in [6.45, 7) is 8.63. The quantitative estimate of drug-likeness (QED) is 0.843. The van der Waals surface area contributed by atoms with Crippen molar-refractivity contribution in [1.29, 1.82) is 0 Å². The molecule has 0 amide bonds. The molecular weight excluding hydrogens is 311 g/mol. The molecule has 1 aliphatic rings. The minimum atomic E-state index is -0.615. The summed E-state index contributed by atoms with van der Waals surface area (Å²) in [6.07, 6.45) is -0.135. The van der Waals surface area contributed by atoms with Crippen molar-refractivity contribution >= 4 is 16.6 Å². The van der Waals surface area contributed by atoms with Crippen LogP contribution in [-0.4, -0.2) is 34.8 Å². The van der Waals surface area contributed by atoms with Gasteiger partial charge in [-0.05, 0) is 26.0 Å². The van der Waals surface area contributed by atoms with Crippen molar-refractivity contribution < 1.29 is 19.0 Å². The van der Waals surface area contributed by atoms with Crippen molar-refractivity contribution in [2.75, 3.05) is 18.9 Å². The van der Waals surface area contributed by atoms with Gasteiger partial charge in [-0.3, -0.25) is 0 Å². The van der Waals surface area contributed by atoms with Crippen molar-refractivity contribution in [2.45, 2.75) is 51.5 Å². The molecule has 0 radical (unpaired) electrons. The molecule has 5 nitrogen and oxygen atoms in total. The zero-order valence-corrected chi connectivity index (χ0v) is 14.6. The number of nitrogens with zero attached hydrogens (tertiary/aromatic N) is 1. The maximum Gasteiger partial charge on any atom is 0.163 e. The van der Waals surface area contributed by atoms with Gasteiger partial charge in [0.05, 0.1) is 31.0 Å². The summed E-state index contributed by atoms with van der Waals surface area (Å²) >= 11 is 0. The normalized spacial score (nSPS) is 20.8. The molecule has 2 heterocycles. The summed E-state index contributed by atoms with van der Waals surface area (Å²) in [5.41, 5.74) is 7.01. The lowest BCUT2D eigenvalue weighted by Crippen LogP contribution is -2.29. The van der Waals surface area contributed by atoms with Crippen LogP contribution in [0.4, 0.5) is 10.1 Å². The van der Waals surface area contributed by atoms with Crippen LogP contribution in [0.2, 0.25) is 0 Å². The molecule has 0 bridgehead atoms. The fourth-order valence-electron chi connectivity index (χ4n) is 3.20. The van der Waals surface area contributed by atoms with E-state index in [9.17, 15) is 9.50 Å². The Bertz CT molecular complexity index is 767. The van der Waals surface area contributed by atoms with Crippen LogP contribution in [0.1, 0.15) is 33.4 Å². The average Bonchev–Trinajstić information content (AvgIpc) is 3.01. The highest BCUT2D eigenvalue weighted by molar-refractivity contribution is 5.85. The number of ether oxygens (including phenoxy) is 2. The molecule has 24 heavy (non-hydrogen) atoms. The third kappa shape index (κ3) is 3.01. The van der Waals surface area contributed by atoms with Gasteiger partial charge >= 0.3 is 0 Å². The SMILES string of the molecule is CC1(C)OC[C@H](Cn2c(C(C)(C)CO)cc3cc(N)c(F)cc32)O1. The number of nitrogen functional groups attached to an aromatic ring is 1. The zero-order chi connectivity index (χ0) is 17.7. The third-order valence-electron chi connectivity index (χ3n) is 4.56. The molecule has 1 saturated heterocycles. The fraction of sp³-hybridized carbons (Fsp3) is 0.556. The van der Waals surface area contributed by atoms with Gasteiger partial charge in [0, 0.05) is 22.6 Å². The van der Waals surface area contributed by atoms with Gasteiger partial charge in [0.25, 0.3) is 0 Å². The van der Waals surface area contributed by atoms with Gasteiger partial charge in [-0.1, -0.05) is 13.8 Å². The first kappa shape index (κ1) is 17.2. The van der Waals surface area contributed by atoms with Crippen LogP contribution in [0.3, 0.4) is 0 Å². The number of aliphatic hydroxyl groups is 1. The van der Waals surface area contributed by atoms with E-state index >= 15 is 0 Å². The summed E-state index contributed by atoms with van der Waals surface area (Å²) in [4.78, 5) is 0. The maximum absolute atomic E-state index is 14.0. The van der Waals surface area contributed by atoms with E-state index in [1.807, 2.05) is 38.3 Å². The van der Waals surface area contributed by atoms with Gasteiger partial charge in [-0.15, -0.1) is 0 Å². The van der Waals surface area contributed by atoms with Crippen LogP contribution in [0.25, 0.3) is 10.9 Å². The monoisotopic (exact) mass is 336 g/mol. The Morgan fingerprint density at radius 3 is 2.67 bits per heavy atom. The highest BCUT2D eigenvalue weighted by Gasteiger charge is 2.34. The summed E-state index contributed by atoms with van der Waals surface area (Å²) < 4.78 is 27.5.